The van der Waals surface area contributed by atoms with E-state index in [0.717, 1.165) is 25.4 Å². The molecule has 2 fully saturated rings. The molecule has 2 unspecified atom stereocenters. The maximum Gasteiger partial charge on any atom is 0.0365 e. The summed E-state index contributed by atoms with van der Waals surface area (Å²) in [6, 6.07) is 0.561. The molecular formula is C10H20N2OS. The molecular weight excluding hydrogens is 196 g/mol. The maximum absolute atomic E-state index is 11.6. The second-order valence-electron chi connectivity index (χ2n) is 4.35. The highest BCUT2D eigenvalue weighted by molar-refractivity contribution is 7.85. The van der Waals surface area contributed by atoms with Crippen molar-refractivity contribution in [2.24, 2.45) is 5.73 Å². The van der Waals surface area contributed by atoms with E-state index in [1.807, 2.05) is 0 Å². The van der Waals surface area contributed by atoms with Crippen molar-refractivity contribution in [1.82, 2.24) is 4.90 Å². The zero-order valence-corrected chi connectivity index (χ0v) is 9.47. The van der Waals surface area contributed by atoms with Crippen LogP contribution in [0.15, 0.2) is 0 Å². The number of nitrogens with two attached hydrogens (primary N) is 1. The van der Waals surface area contributed by atoms with Crippen molar-refractivity contribution in [3.8, 4) is 0 Å². The van der Waals surface area contributed by atoms with Crippen LogP contribution in [0.25, 0.3) is 0 Å². The Balaban J connectivity index is 1.70. The molecule has 0 aromatic rings. The van der Waals surface area contributed by atoms with E-state index in [9.17, 15) is 4.21 Å². The van der Waals surface area contributed by atoms with Gasteiger partial charge in [0, 0.05) is 40.9 Å². The normalized spacial score (nSPS) is 30.8. The zero-order chi connectivity index (χ0) is 9.97. The van der Waals surface area contributed by atoms with E-state index in [-0.39, 0.29) is 0 Å². The lowest BCUT2D eigenvalue weighted by atomic mass is 10.2. The van der Waals surface area contributed by atoms with Crippen molar-refractivity contribution in [3.63, 3.8) is 0 Å². The minimum atomic E-state index is -0.556. The van der Waals surface area contributed by atoms with E-state index in [1.54, 1.807) is 0 Å². The van der Waals surface area contributed by atoms with Gasteiger partial charge in [0.05, 0.1) is 0 Å². The molecule has 14 heavy (non-hydrogen) atoms. The van der Waals surface area contributed by atoms with Crippen LogP contribution in [-0.4, -0.2) is 45.8 Å². The molecule has 2 atom stereocenters. The van der Waals surface area contributed by atoms with E-state index in [2.05, 4.69) is 4.90 Å². The quantitative estimate of drug-likeness (QED) is 0.720. The van der Waals surface area contributed by atoms with Crippen molar-refractivity contribution in [3.05, 3.63) is 0 Å². The van der Waals surface area contributed by atoms with E-state index in [4.69, 9.17) is 5.73 Å². The summed E-state index contributed by atoms with van der Waals surface area (Å²) >= 11 is 0. The Kier molecular flexibility index (Phi) is 3.57. The van der Waals surface area contributed by atoms with E-state index in [1.165, 1.54) is 25.7 Å². The fraction of sp³-hybridized carbons (Fsp3) is 1.00. The van der Waals surface area contributed by atoms with Crippen LogP contribution in [0.1, 0.15) is 25.7 Å². The lowest BCUT2D eigenvalue weighted by molar-refractivity contribution is 0.274. The highest BCUT2D eigenvalue weighted by Gasteiger charge is 2.29. The van der Waals surface area contributed by atoms with Crippen molar-refractivity contribution in [1.29, 1.82) is 0 Å². The third-order valence-electron chi connectivity index (χ3n) is 3.25. The fourth-order valence-corrected chi connectivity index (χ4v) is 3.57. The minimum absolute atomic E-state index is 0.536. The predicted octanol–water partition coefficient (Wildman–Crippen LogP) is 0.321. The van der Waals surface area contributed by atoms with E-state index >= 15 is 0 Å². The summed E-state index contributed by atoms with van der Waals surface area (Å²) in [5, 5.41) is 0.536. The van der Waals surface area contributed by atoms with Crippen molar-refractivity contribution < 1.29 is 4.21 Å². The van der Waals surface area contributed by atoms with Gasteiger partial charge in [0.15, 0.2) is 0 Å². The van der Waals surface area contributed by atoms with Crippen LogP contribution in [0, 0.1) is 0 Å². The summed E-state index contributed by atoms with van der Waals surface area (Å²) in [5.41, 5.74) is 5.69. The number of rotatable bonds is 5. The first-order valence-electron chi connectivity index (χ1n) is 5.62. The lowest BCUT2D eigenvalue weighted by Crippen LogP contribution is -2.37. The Morgan fingerprint density at radius 3 is 2.79 bits per heavy atom. The molecule has 1 heterocycles. The Morgan fingerprint density at radius 2 is 2.14 bits per heavy atom. The summed E-state index contributed by atoms with van der Waals surface area (Å²) in [6.45, 7) is 2.91. The fourth-order valence-electron chi connectivity index (χ4n) is 2.16. The number of likely N-dealkylation sites (tertiary alicyclic amines) is 1. The van der Waals surface area contributed by atoms with Crippen LogP contribution in [0.4, 0.5) is 0 Å². The summed E-state index contributed by atoms with van der Waals surface area (Å²) in [4.78, 5) is 2.42. The molecule has 4 heteroatoms. The van der Waals surface area contributed by atoms with Crippen LogP contribution in [0.5, 0.6) is 0 Å². The van der Waals surface area contributed by atoms with Gasteiger partial charge >= 0.3 is 0 Å². The van der Waals surface area contributed by atoms with Crippen molar-refractivity contribution >= 4 is 10.8 Å². The van der Waals surface area contributed by atoms with Crippen molar-refractivity contribution in [2.75, 3.05) is 25.4 Å². The molecule has 2 N–H and O–H groups in total. The largest absolute Gasteiger partial charge is 0.329 e. The van der Waals surface area contributed by atoms with Crippen LogP contribution in [0.2, 0.25) is 0 Å². The molecule has 82 valence electrons. The second kappa shape index (κ2) is 4.73. The highest BCUT2D eigenvalue weighted by atomic mass is 32.2. The summed E-state index contributed by atoms with van der Waals surface area (Å²) < 4.78 is 11.6. The minimum Gasteiger partial charge on any atom is -0.329 e. The molecule has 3 nitrogen and oxygen atoms in total. The number of nitrogens with zero attached hydrogens (tertiary/aromatic N) is 1. The molecule has 0 amide bonds. The number of hydrogen-bond donors (Lipinski definition) is 1. The molecule has 1 aliphatic heterocycles. The zero-order valence-electron chi connectivity index (χ0n) is 8.65. The van der Waals surface area contributed by atoms with Gasteiger partial charge in [-0.05, 0) is 32.2 Å². The molecule has 2 aliphatic rings. The van der Waals surface area contributed by atoms with Gasteiger partial charge in [-0.15, -0.1) is 0 Å². The monoisotopic (exact) mass is 216 g/mol. The van der Waals surface area contributed by atoms with E-state index in [0.29, 0.717) is 11.3 Å². The second-order valence-corrected chi connectivity index (χ2v) is 6.19. The van der Waals surface area contributed by atoms with Crippen LogP contribution < -0.4 is 5.73 Å². The predicted molar refractivity (Wildman–Crippen MR) is 59.7 cm³/mol. The molecule has 1 saturated heterocycles. The Bertz CT molecular complexity index is 218. The van der Waals surface area contributed by atoms with Gasteiger partial charge in [0.25, 0.3) is 0 Å². The molecule has 0 aromatic carbocycles. The van der Waals surface area contributed by atoms with Gasteiger partial charge in [-0.3, -0.25) is 9.11 Å². The molecule has 0 aromatic heterocycles. The van der Waals surface area contributed by atoms with Crippen LogP contribution in [0.3, 0.4) is 0 Å². The topological polar surface area (TPSA) is 46.3 Å². The third-order valence-corrected chi connectivity index (χ3v) is 5.05. The SMILES string of the molecule is NCC1CCCN1CCS(=O)C1CC1. The molecule has 1 aliphatic carbocycles. The highest BCUT2D eigenvalue weighted by Crippen LogP contribution is 2.26. The number of hydrogen-bond acceptors (Lipinski definition) is 3. The standard InChI is InChI=1S/C10H20N2OS/c11-8-9-2-1-5-12(9)6-7-14(13)10-3-4-10/h9-10H,1-8,11H2. The molecule has 0 spiro atoms. The smallest absolute Gasteiger partial charge is 0.0365 e. The van der Waals surface area contributed by atoms with Crippen molar-refractivity contribution in [2.45, 2.75) is 37.0 Å². The van der Waals surface area contributed by atoms with Crippen LogP contribution in [-0.2, 0) is 10.8 Å². The molecule has 0 bridgehead atoms. The first kappa shape index (κ1) is 10.6. The Hall–Kier alpha value is 0.0700. The summed E-state index contributed by atoms with van der Waals surface area (Å²) in [6.07, 6.45) is 4.87. The lowest BCUT2D eigenvalue weighted by Gasteiger charge is -2.22. The van der Waals surface area contributed by atoms with Crippen LogP contribution >= 0.6 is 0 Å². The average Bonchev–Trinajstić information content (AvgIpc) is 2.94. The van der Waals surface area contributed by atoms with Gasteiger partial charge in [-0.25, -0.2) is 0 Å². The van der Waals surface area contributed by atoms with Gasteiger partial charge in [0.1, 0.15) is 0 Å². The summed E-state index contributed by atoms with van der Waals surface area (Å²) in [5.74, 6) is 0.862. The van der Waals surface area contributed by atoms with Gasteiger partial charge in [0.2, 0.25) is 0 Å². The average molecular weight is 216 g/mol. The third kappa shape index (κ3) is 2.55. The van der Waals surface area contributed by atoms with Gasteiger partial charge in [-0.2, -0.15) is 0 Å². The Labute approximate surface area is 88.5 Å². The molecule has 0 radical (unpaired) electrons. The maximum atomic E-state index is 11.6. The molecule has 1 saturated carbocycles. The first-order chi connectivity index (χ1) is 6.81. The van der Waals surface area contributed by atoms with E-state index < -0.39 is 10.8 Å². The molecule has 2 rings (SSSR count). The first-order valence-corrected chi connectivity index (χ1v) is 7.01. The van der Waals surface area contributed by atoms with Gasteiger partial charge in [-0.1, -0.05) is 0 Å². The van der Waals surface area contributed by atoms with Gasteiger partial charge < -0.3 is 5.73 Å². The summed E-state index contributed by atoms with van der Waals surface area (Å²) in [7, 11) is -0.556. The Morgan fingerprint density at radius 1 is 1.36 bits per heavy atom.